The quantitative estimate of drug-likeness (QED) is 0.341. The minimum atomic E-state index is 0.867. The van der Waals surface area contributed by atoms with Crippen molar-refractivity contribution in [3.63, 3.8) is 0 Å². The van der Waals surface area contributed by atoms with E-state index in [9.17, 15) is 0 Å². The van der Waals surface area contributed by atoms with Gasteiger partial charge in [-0.3, -0.25) is 0 Å². The molecule has 0 unspecified atom stereocenters. The maximum Gasteiger partial charge on any atom is 0.119 e. The molecule has 0 bridgehead atoms. The van der Waals surface area contributed by atoms with E-state index in [1.165, 1.54) is 44.6 Å². The summed E-state index contributed by atoms with van der Waals surface area (Å²) in [6.07, 6.45) is 3.19. The molecule has 0 saturated heterocycles. The second-order valence-electron chi connectivity index (χ2n) is 7.92. The van der Waals surface area contributed by atoms with Crippen molar-refractivity contribution in [3.8, 4) is 28.1 Å². The molecule has 0 aliphatic heterocycles. The fourth-order valence-electron chi connectivity index (χ4n) is 4.06. The van der Waals surface area contributed by atoms with Crippen LogP contribution in [0, 0.1) is 13.8 Å². The van der Waals surface area contributed by atoms with E-state index in [1.54, 1.807) is 7.11 Å². The summed E-state index contributed by atoms with van der Waals surface area (Å²) >= 11 is 0. The summed E-state index contributed by atoms with van der Waals surface area (Å²) in [5, 5.41) is 0. The van der Waals surface area contributed by atoms with Gasteiger partial charge in [-0.05, 0) is 61.6 Å². The summed E-state index contributed by atoms with van der Waals surface area (Å²) in [7, 11) is 1.72. The van der Waals surface area contributed by atoms with Gasteiger partial charge in [-0.15, -0.1) is 0 Å². The minimum Gasteiger partial charge on any atom is -0.497 e. The lowest BCUT2D eigenvalue weighted by atomic mass is 9.94. The molecule has 4 rings (SSSR count). The van der Waals surface area contributed by atoms with Gasteiger partial charge in [-0.25, -0.2) is 0 Å². The molecule has 4 aromatic rings. The van der Waals surface area contributed by atoms with Crippen LogP contribution in [0.4, 0.5) is 0 Å². The van der Waals surface area contributed by atoms with E-state index in [0.29, 0.717) is 0 Å². The third-order valence-electron chi connectivity index (χ3n) is 5.69. The lowest BCUT2D eigenvalue weighted by molar-refractivity contribution is 0.414. The van der Waals surface area contributed by atoms with E-state index in [-0.39, 0.29) is 0 Å². The van der Waals surface area contributed by atoms with Gasteiger partial charge >= 0.3 is 0 Å². The minimum absolute atomic E-state index is 0.867. The van der Waals surface area contributed by atoms with Gasteiger partial charge in [0.25, 0.3) is 0 Å². The summed E-state index contributed by atoms with van der Waals surface area (Å²) in [5.74, 6) is 0.901. The van der Waals surface area contributed by atoms with Crippen LogP contribution in [-0.2, 0) is 13.0 Å². The van der Waals surface area contributed by atoms with Gasteiger partial charge in [0, 0.05) is 18.3 Å². The molecule has 1 aromatic heterocycles. The van der Waals surface area contributed by atoms with Crippen LogP contribution < -0.4 is 4.74 Å². The Hall–Kier alpha value is -3.26. The third-order valence-corrected chi connectivity index (χ3v) is 5.69. The molecule has 30 heavy (non-hydrogen) atoms. The molecule has 0 radical (unpaired) electrons. The third kappa shape index (κ3) is 4.04. The van der Waals surface area contributed by atoms with Crippen molar-refractivity contribution in [1.82, 2.24) is 4.57 Å². The standard InChI is InChI=1S/C28H29NO/c1-5-29-19-25(17-22-7-6-8-26(18-22)30-4)27(23-13-9-20(2)10-14-23)28(29)24-15-11-21(3)12-16-24/h6-16,18-19H,5,17H2,1-4H3. The number of methoxy groups -OCH3 is 1. The maximum atomic E-state index is 5.45. The Morgan fingerprint density at radius 2 is 1.43 bits per heavy atom. The van der Waals surface area contributed by atoms with Crippen LogP contribution in [0.2, 0.25) is 0 Å². The van der Waals surface area contributed by atoms with Gasteiger partial charge in [0.15, 0.2) is 0 Å². The highest BCUT2D eigenvalue weighted by molar-refractivity contribution is 5.85. The van der Waals surface area contributed by atoms with Crippen LogP contribution in [0.15, 0.2) is 79.0 Å². The zero-order valence-electron chi connectivity index (χ0n) is 18.3. The van der Waals surface area contributed by atoms with Gasteiger partial charge < -0.3 is 9.30 Å². The summed E-state index contributed by atoms with van der Waals surface area (Å²) in [4.78, 5) is 0. The number of ether oxygens (including phenoxy) is 1. The Labute approximate surface area is 179 Å². The molecular weight excluding hydrogens is 366 g/mol. The van der Waals surface area contributed by atoms with Crippen molar-refractivity contribution in [2.24, 2.45) is 0 Å². The zero-order chi connectivity index (χ0) is 21.1. The smallest absolute Gasteiger partial charge is 0.119 e. The Balaban J connectivity index is 1.90. The molecule has 0 fully saturated rings. The average molecular weight is 396 g/mol. The van der Waals surface area contributed by atoms with Crippen molar-refractivity contribution >= 4 is 0 Å². The average Bonchev–Trinajstić information content (AvgIpc) is 3.13. The lowest BCUT2D eigenvalue weighted by Crippen LogP contribution is -1.96. The largest absolute Gasteiger partial charge is 0.497 e. The first-order chi connectivity index (χ1) is 14.6. The lowest BCUT2D eigenvalue weighted by Gasteiger charge is -2.12. The van der Waals surface area contributed by atoms with Crippen molar-refractivity contribution in [2.45, 2.75) is 33.7 Å². The van der Waals surface area contributed by atoms with E-state index in [2.05, 4.69) is 98.3 Å². The normalized spacial score (nSPS) is 10.9. The van der Waals surface area contributed by atoms with Crippen LogP contribution in [0.5, 0.6) is 5.75 Å². The highest BCUT2D eigenvalue weighted by atomic mass is 16.5. The van der Waals surface area contributed by atoms with Crippen LogP contribution in [-0.4, -0.2) is 11.7 Å². The van der Waals surface area contributed by atoms with Crippen LogP contribution in [0.1, 0.15) is 29.2 Å². The topological polar surface area (TPSA) is 14.2 Å². The summed E-state index contributed by atoms with van der Waals surface area (Å²) < 4.78 is 7.83. The molecule has 0 N–H and O–H groups in total. The van der Waals surface area contributed by atoms with Gasteiger partial charge in [-0.1, -0.05) is 71.8 Å². The molecule has 0 saturated carbocycles. The molecule has 2 heteroatoms. The van der Waals surface area contributed by atoms with Crippen molar-refractivity contribution < 1.29 is 4.74 Å². The van der Waals surface area contributed by atoms with E-state index in [1.807, 2.05) is 6.07 Å². The van der Waals surface area contributed by atoms with E-state index >= 15 is 0 Å². The highest BCUT2D eigenvalue weighted by Gasteiger charge is 2.19. The monoisotopic (exact) mass is 395 g/mol. The Morgan fingerprint density at radius 1 is 0.800 bits per heavy atom. The molecule has 0 aliphatic rings. The summed E-state index contributed by atoms with van der Waals surface area (Å²) in [6, 6.07) is 26.1. The van der Waals surface area contributed by atoms with E-state index < -0.39 is 0 Å². The SMILES string of the molecule is CCn1cc(Cc2cccc(OC)c2)c(-c2ccc(C)cc2)c1-c1ccc(C)cc1. The first-order valence-corrected chi connectivity index (χ1v) is 10.6. The van der Waals surface area contributed by atoms with Crippen molar-refractivity contribution in [3.05, 3.63) is 101 Å². The first kappa shape index (κ1) is 20.0. The molecule has 0 atom stereocenters. The van der Waals surface area contributed by atoms with Crippen molar-refractivity contribution in [2.75, 3.05) is 7.11 Å². The molecule has 0 aliphatic carbocycles. The number of nitrogens with zero attached hydrogens (tertiary/aromatic N) is 1. The molecule has 3 aromatic carbocycles. The number of benzene rings is 3. The van der Waals surface area contributed by atoms with Gasteiger partial charge in [-0.2, -0.15) is 0 Å². The number of hydrogen-bond acceptors (Lipinski definition) is 1. The molecule has 0 amide bonds. The second-order valence-corrected chi connectivity index (χ2v) is 7.92. The Morgan fingerprint density at radius 3 is 2.03 bits per heavy atom. The van der Waals surface area contributed by atoms with Crippen LogP contribution in [0.3, 0.4) is 0 Å². The van der Waals surface area contributed by atoms with Crippen LogP contribution >= 0.6 is 0 Å². The molecular formula is C28H29NO. The van der Waals surface area contributed by atoms with Crippen molar-refractivity contribution in [1.29, 1.82) is 0 Å². The van der Waals surface area contributed by atoms with Gasteiger partial charge in [0.1, 0.15) is 5.75 Å². The number of rotatable bonds is 6. The number of aromatic nitrogens is 1. The molecule has 2 nitrogen and oxygen atoms in total. The second kappa shape index (κ2) is 8.62. The molecule has 1 heterocycles. The van der Waals surface area contributed by atoms with Gasteiger partial charge in [0.2, 0.25) is 0 Å². The van der Waals surface area contributed by atoms with E-state index in [0.717, 1.165) is 18.7 Å². The zero-order valence-corrected chi connectivity index (χ0v) is 18.3. The molecule has 152 valence electrons. The fourth-order valence-corrected chi connectivity index (χ4v) is 4.06. The van der Waals surface area contributed by atoms with E-state index in [4.69, 9.17) is 4.74 Å². The predicted octanol–water partition coefficient (Wildman–Crippen LogP) is 7.06. The van der Waals surface area contributed by atoms with Crippen LogP contribution in [0.25, 0.3) is 22.4 Å². The molecule has 0 spiro atoms. The highest BCUT2D eigenvalue weighted by Crippen LogP contribution is 2.38. The Kier molecular flexibility index (Phi) is 5.76. The predicted molar refractivity (Wildman–Crippen MR) is 126 cm³/mol. The maximum absolute atomic E-state index is 5.45. The fraction of sp³-hybridized carbons (Fsp3) is 0.214. The van der Waals surface area contributed by atoms with Gasteiger partial charge in [0.05, 0.1) is 12.8 Å². The summed E-state index contributed by atoms with van der Waals surface area (Å²) in [5.41, 5.74) is 10.3. The number of aryl methyl sites for hydroxylation is 3. The summed E-state index contributed by atoms with van der Waals surface area (Å²) in [6.45, 7) is 7.42. The first-order valence-electron chi connectivity index (χ1n) is 10.6. The number of hydrogen-bond donors (Lipinski definition) is 0. The Bertz CT molecular complexity index is 1130.